The Balaban J connectivity index is 0.00000287. The molecule has 41 heavy (non-hydrogen) atoms. The number of carboxylic acids is 1. The van der Waals surface area contributed by atoms with Gasteiger partial charge in [-0.15, -0.1) is 0 Å². The largest absolute Gasteiger partial charge is 0.486 e. The molecule has 3 rings (SSSR count). The van der Waals surface area contributed by atoms with Gasteiger partial charge in [0.15, 0.2) is 11.6 Å². The fourth-order valence-corrected chi connectivity index (χ4v) is 5.15. The summed E-state index contributed by atoms with van der Waals surface area (Å²) in [5.74, 6) is -1.95. The van der Waals surface area contributed by atoms with E-state index in [0.717, 1.165) is 6.20 Å². The molecule has 0 spiro atoms. The minimum atomic E-state index is -1.43. The number of halogens is 2. The first-order valence-corrected chi connectivity index (χ1v) is 13.8. The Morgan fingerprint density at radius 3 is 2.15 bits per heavy atom. The van der Waals surface area contributed by atoms with Gasteiger partial charge in [-0.05, 0) is 51.6 Å². The van der Waals surface area contributed by atoms with Crippen molar-refractivity contribution < 1.29 is 33.3 Å². The molecule has 3 aromatic rings. The zero-order valence-corrected chi connectivity index (χ0v) is 25.6. The monoisotopic (exact) mass is 571 g/mol. The zero-order chi connectivity index (χ0) is 31.2. The Bertz CT molecular complexity index is 1330. The first-order valence-electron chi connectivity index (χ1n) is 13.8. The van der Waals surface area contributed by atoms with Gasteiger partial charge in [-0.2, -0.15) is 0 Å². The normalized spacial score (nSPS) is 11.9. The quantitative estimate of drug-likeness (QED) is 0.271. The summed E-state index contributed by atoms with van der Waals surface area (Å²) in [6, 6.07) is 11.3. The molecule has 0 aliphatic carbocycles. The van der Waals surface area contributed by atoms with Crippen molar-refractivity contribution in [3.8, 4) is 22.8 Å². The van der Waals surface area contributed by atoms with Crippen molar-refractivity contribution in [2.45, 2.75) is 80.4 Å². The van der Waals surface area contributed by atoms with E-state index in [4.69, 9.17) is 14.6 Å². The molecule has 0 saturated heterocycles. The lowest BCUT2D eigenvalue weighted by atomic mass is 9.58. The average Bonchev–Trinajstić information content (AvgIpc) is 2.91. The Hall–Kier alpha value is -3.52. The predicted molar refractivity (Wildman–Crippen MR) is 157 cm³/mol. The number of pyridine rings is 1. The lowest BCUT2D eigenvalue weighted by Crippen LogP contribution is -2.50. The maximum absolute atomic E-state index is 15.1. The predicted octanol–water partition coefficient (Wildman–Crippen LogP) is 7.94. The second-order valence-electron chi connectivity index (χ2n) is 11.7. The first kappa shape index (κ1) is 33.7. The molecule has 1 heterocycles. The van der Waals surface area contributed by atoms with E-state index >= 15 is 4.39 Å². The molecule has 0 aliphatic heterocycles. The van der Waals surface area contributed by atoms with E-state index in [0.29, 0.717) is 16.7 Å². The summed E-state index contributed by atoms with van der Waals surface area (Å²) in [7, 11) is 1.45. The molecule has 224 valence electrons. The Labute approximate surface area is 242 Å². The standard InChI is InChI=1S/C31H37F2NO5.C2H6/c1-29(2,3)31(37,30(4,5)6)23-15-19(11-13-21(23)22-16-26(38-7)34-17-24(22)32)18-39-25-10-8-9-20(28(25)33)12-14-27(35)36;1-2/h8-11,13,15-17,37H,12,14,18H2,1-7H3,(H,35,36);1-2H3. The highest BCUT2D eigenvalue weighted by molar-refractivity contribution is 5.71. The molecule has 1 aromatic heterocycles. The van der Waals surface area contributed by atoms with Gasteiger partial charge >= 0.3 is 5.97 Å². The first-order chi connectivity index (χ1) is 19.1. The van der Waals surface area contributed by atoms with Crippen LogP contribution in [0, 0.1) is 22.5 Å². The molecule has 0 fully saturated rings. The SMILES string of the molecule is CC.COc1cc(-c2ccc(COc3cccc(CCC(=O)O)c3F)cc2C(O)(C(C)(C)C)C(C)(C)C)c(F)cn1. The van der Waals surface area contributed by atoms with Crippen molar-refractivity contribution in [2.75, 3.05) is 7.11 Å². The minimum absolute atomic E-state index is 0.00432. The summed E-state index contributed by atoms with van der Waals surface area (Å²) in [6.45, 7) is 15.5. The molecule has 0 radical (unpaired) electrons. The van der Waals surface area contributed by atoms with Crippen molar-refractivity contribution in [1.29, 1.82) is 0 Å². The van der Waals surface area contributed by atoms with Gasteiger partial charge in [-0.3, -0.25) is 4.79 Å². The highest BCUT2D eigenvalue weighted by atomic mass is 19.1. The highest BCUT2D eigenvalue weighted by Crippen LogP contribution is 2.54. The number of hydrogen-bond acceptors (Lipinski definition) is 5. The number of aliphatic carboxylic acids is 1. The molecule has 0 aliphatic rings. The van der Waals surface area contributed by atoms with E-state index in [9.17, 15) is 14.3 Å². The van der Waals surface area contributed by atoms with Crippen LogP contribution < -0.4 is 9.47 Å². The number of nitrogens with zero attached hydrogens (tertiary/aromatic N) is 1. The Morgan fingerprint density at radius 1 is 0.951 bits per heavy atom. The van der Waals surface area contributed by atoms with Crippen molar-refractivity contribution in [3.63, 3.8) is 0 Å². The van der Waals surface area contributed by atoms with E-state index in [1.54, 1.807) is 24.3 Å². The summed E-state index contributed by atoms with van der Waals surface area (Å²) >= 11 is 0. The third kappa shape index (κ3) is 7.41. The van der Waals surface area contributed by atoms with Crippen molar-refractivity contribution in [3.05, 3.63) is 77.0 Å². The zero-order valence-electron chi connectivity index (χ0n) is 25.6. The van der Waals surface area contributed by atoms with E-state index in [2.05, 4.69) is 4.98 Å². The molecule has 0 unspecified atom stereocenters. The number of hydrogen-bond donors (Lipinski definition) is 2. The molecule has 8 heteroatoms. The van der Waals surface area contributed by atoms with Crippen LogP contribution in [0.5, 0.6) is 11.6 Å². The topological polar surface area (TPSA) is 88.9 Å². The maximum Gasteiger partial charge on any atom is 0.303 e. The van der Waals surface area contributed by atoms with Crippen molar-refractivity contribution in [2.24, 2.45) is 10.8 Å². The molecule has 2 N–H and O–H groups in total. The summed E-state index contributed by atoms with van der Waals surface area (Å²) < 4.78 is 41.1. The second-order valence-corrected chi connectivity index (χ2v) is 11.7. The van der Waals surface area contributed by atoms with Crippen molar-refractivity contribution in [1.82, 2.24) is 4.98 Å². The molecular formula is C33H43F2NO5. The molecule has 0 bridgehead atoms. The number of aromatic nitrogens is 1. The minimum Gasteiger partial charge on any atom is -0.486 e. The van der Waals surface area contributed by atoms with Crippen LogP contribution >= 0.6 is 0 Å². The van der Waals surface area contributed by atoms with Gasteiger partial charge < -0.3 is 19.7 Å². The molecule has 6 nitrogen and oxygen atoms in total. The second kappa shape index (κ2) is 13.4. The smallest absolute Gasteiger partial charge is 0.303 e. The third-order valence-corrected chi connectivity index (χ3v) is 7.02. The number of carbonyl (C=O) groups is 1. The van der Waals surface area contributed by atoms with Gasteiger partial charge in [0.05, 0.1) is 18.9 Å². The molecule has 2 aromatic carbocycles. The van der Waals surface area contributed by atoms with Gasteiger partial charge in [0.2, 0.25) is 5.88 Å². The van der Waals surface area contributed by atoms with Gasteiger partial charge in [0, 0.05) is 18.1 Å². The van der Waals surface area contributed by atoms with E-state index in [1.807, 2.05) is 55.4 Å². The number of methoxy groups -OCH3 is 1. The van der Waals surface area contributed by atoms with Crippen LogP contribution in [0.15, 0.2) is 48.7 Å². The Kier molecular flexibility index (Phi) is 11.0. The summed E-state index contributed by atoms with van der Waals surface area (Å²) in [5.41, 5.74) is -0.683. The molecule has 0 saturated carbocycles. The summed E-state index contributed by atoms with van der Waals surface area (Å²) in [6.07, 6.45) is 0.935. The van der Waals surface area contributed by atoms with Crippen LogP contribution in [0.4, 0.5) is 8.78 Å². The fourth-order valence-electron chi connectivity index (χ4n) is 5.15. The number of carboxylic acid groups (broad SMARTS) is 1. The fraction of sp³-hybridized carbons (Fsp3) is 0.455. The average molecular weight is 572 g/mol. The molecular weight excluding hydrogens is 528 g/mol. The lowest BCUT2D eigenvalue weighted by molar-refractivity contribution is -0.144. The van der Waals surface area contributed by atoms with Crippen LogP contribution in [-0.2, 0) is 23.4 Å². The van der Waals surface area contributed by atoms with Gasteiger partial charge in [0.25, 0.3) is 0 Å². The summed E-state index contributed by atoms with van der Waals surface area (Å²) in [4.78, 5) is 14.9. The van der Waals surface area contributed by atoms with Crippen LogP contribution in [0.1, 0.15) is 78.5 Å². The molecule has 0 amide bonds. The summed E-state index contributed by atoms with van der Waals surface area (Å²) in [5, 5.41) is 21.3. The number of aliphatic hydroxyl groups is 1. The number of benzene rings is 2. The van der Waals surface area contributed by atoms with E-state index in [1.165, 1.54) is 25.3 Å². The van der Waals surface area contributed by atoms with Crippen molar-refractivity contribution >= 4 is 5.97 Å². The van der Waals surface area contributed by atoms with Crippen LogP contribution in [0.3, 0.4) is 0 Å². The van der Waals surface area contributed by atoms with E-state index in [-0.39, 0.29) is 42.2 Å². The Morgan fingerprint density at radius 2 is 1.59 bits per heavy atom. The molecule has 0 atom stereocenters. The van der Waals surface area contributed by atoms with Gasteiger partial charge in [0.1, 0.15) is 12.4 Å². The number of aryl methyl sites for hydroxylation is 1. The number of rotatable bonds is 9. The van der Waals surface area contributed by atoms with Crippen LogP contribution in [-0.4, -0.2) is 28.3 Å². The highest BCUT2D eigenvalue weighted by Gasteiger charge is 2.51. The maximum atomic E-state index is 15.1. The third-order valence-electron chi connectivity index (χ3n) is 7.02. The number of ether oxygens (including phenoxy) is 2. The van der Waals surface area contributed by atoms with Gasteiger partial charge in [-0.1, -0.05) is 79.7 Å². The van der Waals surface area contributed by atoms with Gasteiger partial charge in [-0.25, -0.2) is 13.8 Å². The van der Waals surface area contributed by atoms with Crippen LogP contribution in [0.2, 0.25) is 0 Å². The van der Waals surface area contributed by atoms with E-state index < -0.39 is 34.0 Å². The van der Waals surface area contributed by atoms with Crippen LogP contribution in [0.25, 0.3) is 11.1 Å². The lowest BCUT2D eigenvalue weighted by Gasteiger charge is -2.51.